The number of unbranched alkanes of at least 4 members (excludes halogenated alkanes) is 24. The zero-order valence-electron chi connectivity index (χ0n) is 30.4. The Morgan fingerprint density at radius 1 is 0.422 bits per heavy atom. The summed E-state index contributed by atoms with van der Waals surface area (Å²) in [4.78, 5) is 26.7. The normalized spacial score (nSPS) is 11.4. The lowest BCUT2D eigenvalue weighted by Gasteiger charge is -2.21. The molecule has 45 heavy (non-hydrogen) atoms. The highest BCUT2D eigenvalue weighted by Gasteiger charge is 2.12. The van der Waals surface area contributed by atoms with Gasteiger partial charge in [-0.25, -0.2) is 0 Å². The Kier molecular flexibility index (Phi) is 36.4. The Bertz CT molecular complexity index is 568. The number of nitrogens with zero attached hydrogens (tertiary/aromatic N) is 1. The van der Waals surface area contributed by atoms with E-state index >= 15 is 0 Å². The molecule has 0 aliphatic heterocycles. The molecule has 0 aliphatic rings. The number of ether oxygens (including phenoxy) is 2. The molecule has 0 rings (SSSR count). The molecule has 0 saturated carbocycles. The summed E-state index contributed by atoms with van der Waals surface area (Å²) >= 11 is 0. The Morgan fingerprint density at radius 2 is 0.711 bits per heavy atom. The second kappa shape index (κ2) is 37.3. The van der Waals surface area contributed by atoms with Gasteiger partial charge in [0.1, 0.15) is 0 Å². The van der Waals surface area contributed by atoms with E-state index in [1.54, 1.807) is 0 Å². The van der Waals surface area contributed by atoms with Crippen molar-refractivity contribution in [2.24, 2.45) is 5.73 Å². The fraction of sp³-hybridized carbons (Fsp3) is 0.949. The summed E-state index contributed by atoms with van der Waals surface area (Å²) in [5, 5.41) is 0. The van der Waals surface area contributed by atoms with Gasteiger partial charge in [0, 0.05) is 13.1 Å². The fourth-order valence-electron chi connectivity index (χ4n) is 5.91. The predicted molar refractivity (Wildman–Crippen MR) is 193 cm³/mol. The van der Waals surface area contributed by atoms with Crippen molar-refractivity contribution in [3.63, 3.8) is 0 Å². The molecule has 0 saturated heterocycles. The average molecular weight is 639 g/mol. The van der Waals surface area contributed by atoms with Crippen molar-refractivity contribution in [2.45, 2.75) is 200 Å². The van der Waals surface area contributed by atoms with E-state index in [1.807, 2.05) is 0 Å². The monoisotopic (exact) mass is 639 g/mol. The van der Waals surface area contributed by atoms with Gasteiger partial charge in [-0.1, -0.05) is 168 Å². The molecule has 0 unspecified atom stereocenters. The van der Waals surface area contributed by atoms with Gasteiger partial charge in [0.15, 0.2) is 0 Å². The molecule has 0 aromatic heterocycles. The van der Waals surface area contributed by atoms with E-state index in [4.69, 9.17) is 15.2 Å². The van der Waals surface area contributed by atoms with Crippen LogP contribution in [0.25, 0.3) is 0 Å². The first kappa shape index (κ1) is 43.9. The molecule has 6 heteroatoms. The van der Waals surface area contributed by atoms with E-state index in [9.17, 15) is 9.59 Å². The van der Waals surface area contributed by atoms with Crippen LogP contribution in [0.1, 0.15) is 200 Å². The standard InChI is InChI=1S/C39H78N2O4/c1-3-5-7-9-11-13-15-17-19-21-23-25-27-36-44-38(42)30-34-41(33-29-32-40)35-31-39(43)45-37-28-26-24-22-20-18-16-14-12-10-8-6-4-2/h3-37,40H2,1-2H3. The Hall–Kier alpha value is -1.14. The zero-order chi connectivity index (χ0) is 32.9. The van der Waals surface area contributed by atoms with Gasteiger partial charge in [-0.2, -0.15) is 0 Å². The maximum atomic E-state index is 12.3. The molecular formula is C39H78N2O4. The quantitative estimate of drug-likeness (QED) is 0.0538. The number of hydrogen-bond acceptors (Lipinski definition) is 6. The lowest BCUT2D eigenvalue weighted by molar-refractivity contribution is -0.144. The molecule has 0 aliphatic carbocycles. The van der Waals surface area contributed by atoms with Crippen LogP contribution >= 0.6 is 0 Å². The van der Waals surface area contributed by atoms with E-state index in [0.717, 1.165) is 38.6 Å². The minimum absolute atomic E-state index is 0.142. The molecule has 2 N–H and O–H groups in total. The summed E-state index contributed by atoms with van der Waals surface area (Å²) in [6, 6.07) is 0. The first-order chi connectivity index (χ1) is 22.1. The van der Waals surface area contributed by atoms with Crippen molar-refractivity contribution < 1.29 is 19.1 Å². The van der Waals surface area contributed by atoms with E-state index in [0.29, 0.717) is 45.7 Å². The topological polar surface area (TPSA) is 81.9 Å². The minimum atomic E-state index is -0.142. The van der Waals surface area contributed by atoms with Gasteiger partial charge in [0.05, 0.1) is 26.1 Å². The second-order valence-electron chi connectivity index (χ2n) is 13.4. The van der Waals surface area contributed by atoms with Crippen LogP contribution < -0.4 is 5.73 Å². The largest absolute Gasteiger partial charge is 0.466 e. The summed E-state index contributed by atoms with van der Waals surface area (Å²) in [6.45, 7) is 8.17. The number of carbonyl (C=O) groups excluding carboxylic acids is 2. The summed E-state index contributed by atoms with van der Waals surface area (Å²) in [5.41, 5.74) is 5.71. The maximum Gasteiger partial charge on any atom is 0.307 e. The van der Waals surface area contributed by atoms with E-state index < -0.39 is 0 Å². The Morgan fingerprint density at radius 3 is 1.00 bits per heavy atom. The zero-order valence-corrected chi connectivity index (χ0v) is 30.4. The lowest BCUT2D eigenvalue weighted by atomic mass is 10.0. The highest BCUT2D eigenvalue weighted by Crippen LogP contribution is 2.14. The molecule has 0 radical (unpaired) electrons. The van der Waals surface area contributed by atoms with Crippen molar-refractivity contribution in [2.75, 3.05) is 39.4 Å². The third kappa shape index (κ3) is 35.6. The molecule has 6 nitrogen and oxygen atoms in total. The van der Waals surface area contributed by atoms with Gasteiger partial charge in [-0.3, -0.25) is 9.59 Å². The van der Waals surface area contributed by atoms with E-state index in [2.05, 4.69) is 18.7 Å². The van der Waals surface area contributed by atoms with Crippen LogP contribution in [-0.4, -0.2) is 56.2 Å². The predicted octanol–water partition coefficient (Wildman–Crippen LogP) is 10.7. The van der Waals surface area contributed by atoms with Crippen LogP contribution in [-0.2, 0) is 19.1 Å². The molecule has 268 valence electrons. The van der Waals surface area contributed by atoms with Crippen LogP contribution in [0, 0.1) is 0 Å². The van der Waals surface area contributed by atoms with Crippen LogP contribution in [0.3, 0.4) is 0 Å². The van der Waals surface area contributed by atoms with Crippen LogP contribution in [0.15, 0.2) is 0 Å². The smallest absolute Gasteiger partial charge is 0.307 e. The Labute approximate surface area is 280 Å². The van der Waals surface area contributed by atoms with Crippen molar-refractivity contribution in [3.05, 3.63) is 0 Å². The van der Waals surface area contributed by atoms with Gasteiger partial charge < -0.3 is 20.1 Å². The highest BCUT2D eigenvalue weighted by atomic mass is 16.5. The van der Waals surface area contributed by atoms with Gasteiger partial charge in [-0.05, 0) is 32.4 Å². The maximum absolute atomic E-state index is 12.3. The molecule has 0 atom stereocenters. The number of esters is 2. The van der Waals surface area contributed by atoms with Gasteiger partial charge in [-0.15, -0.1) is 0 Å². The first-order valence-electron chi connectivity index (χ1n) is 19.9. The van der Waals surface area contributed by atoms with E-state index in [-0.39, 0.29) is 11.9 Å². The van der Waals surface area contributed by atoms with Crippen molar-refractivity contribution in [1.82, 2.24) is 4.90 Å². The van der Waals surface area contributed by atoms with Crippen LogP contribution in [0.5, 0.6) is 0 Å². The number of carbonyl (C=O) groups is 2. The van der Waals surface area contributed by atoms with Gasteiger partial charge in [0.25, 0.3) is 0 Å². The first-order valence-corrected chi connectivity index (χ1v) is 19.9. The molecule has 0 aromatic carbocycles. The number of nitrogens with two attached hydrogens (primary N) is 1. The molecule has 0 heterocycles. The molecule has 0 fully saturated rings. The molecule has 0 amide bonds. The highest BCUT2D eigenvalue weighted by molar-refractivity contribution is 5.70. The van der Waals surface area contributed by atoms with Crippen molar-refractivity contribution in [3.8, 4) is 0 Å². The van der Waals surface area contributed by atoms with Crippen LogP contribution in [0.4, 0.5) is 0 Å². The molecule has 0 bridgehead atoms. The van der Waals surface area contributed by atoms with Gasteiger partial charge >= 0.3 is 11.9 Å². The lowest BCUT2D eigenvalue weighted by Crippen LogP contribution is -2.31. The fourth-order valence-corrected chi connectivity index (χ4v) is 5.91. The minimum Gasteiger partial charge on any atom is -0.466 e. The molecule has 0 aromatic rings. The summed E-state index contributed by atoms with van der Waals surface area (Å²) in [6.07, 6.45) is 35.6. The third-order valence-electron chi connectivity index (χ3n) is 8.96. The summed E-state index contributed by atoms with van der Waals surface area (Å²) in [5.74, 6) is -0.284. The van der Waals surface area contributed by atoms with Crippen molar-refractivity contribution in [1.29, 1.82) is 0 Å². The van der Waals surface area contributed by atoms with Crippen LogP contribution in [0.2, 0.25) is 0 Å². The number of rotatable bonds is 37. The van der Waals surface area contributed by atoms with E-state index in [1.165, 1.54) is 141 Å². The second-order valence-corrected chi connectivity index (χ2v) is 13.4. The summed E-state index contributed by atoms with van der Waals surface area (Å²) in [7, 11) is 0. The molecule has 0 spiro atoms. The summed E-state index contributed by atoms with van der Waals surface area (Å²) < 4.78 is 10.9. The average Bonchev–Trinajstić information content (AvgIpc) is 3.04. The SMILES string of the molecule is CCCCCCCCCCCCCCCOC(=O)CCN(CCCN)CCC(=O)OCCCCCCCCCCCCCCC. The molecular weight excluding hydrogens is 560 g/mol. The van der Waals surface area contributed by atoms with Gasteiger partial charge in [0.2, 0.25) is 0 Å². The Balaban J connectivity index is 3.69. The third-order valence-corrected chi connectivity index (χ3v) is 8.96. The number of hydrogen-bond donors (Lipinski definition) is 1. The van der Waals surface area contributed by atoms with Crippen molar-refractivity contribution >= 4 is 11.9 Å².